The fourth-order valence-electron chi connectivity index (χ4n) is 5.39. The number of rotatable bonds is 9. The molecule has 1 unspecified atom stereocenters. The Morgan fingerprint density at radius 2 is 1.66 bits per heavy atom. The Kier molecular flexibility index (Phi) is 9.13. The van der Waals surface area contributed by atoms with Crippen molar-refractivity contribution in [1.82, 2.24) is 14.3 Å². The molecule has 0 radical (unpaired) electrons. The van der Waals surface area contributed by atoms with Gasteiger partial charge in [-0.2, -0.15) is 5.10 Å². The molecule has 2 aliphatic rings. The zero-order chi connectivity index (χ0) is 30.8. The summed E-state index contributed by atoms with van der Waals surface area (Å²) in [6, 6.07) is 18.2. The van der Waals surface area contributed by atoms with Crippen molar-refractivity contribution in [2.45, 2.75) is 38.7 Å². The van der Waals surface area contributed by atoms with E-state index in [0.717, 1.165) is 49.7 Å². The van der Waals surface area contributed by atoms with E-state index in [1.54, 1.807) is 35.2 Å². The van der Waals surface area contributed by atoms with Gasteiger partial charge in [-0.25, -0.2) is 18.4 Å². The van der Waals surface area contributed by atoms with E-state index in [4.69, 9.17) is 37.4 Å². The third-order valence-electron chi connectivity index (χ3n) is 8.15. The van der Waals surface area contributed by atoms with E-state index in [-0.39, 0.29) is 30.2 Å². The normalized spacial score (nSPS) is 19.4. The van der Waals surface area contributed by atoms with Gasteiger partial charge >= 0.3 is 5.69 Å². The Morgan fingerprint density at radius 1 is 0.977 bits per heavy atom. The predicted octanol–water partition coefficient (Wildman–Crippen LogP) is 6.27. The largest absolute Gasteiger partial charge is 0.488 e. The summed E-state index contributed by atoms with van der Waals surface area (Å²) in [5.41, 5.74) is 3.21. The van der Waals surface area contributed by atoms with Gasteiger partial charge in [0.25, 0.3) is 0 Å². The molecule has 4 aromatic rings. The Bertz CT molecular complexity index is 1660. The molecule has 0 N–H and O–H groups in total. The molecular formula is C32H34Cl2FN5O4. The average Bonchev–Trinajstić information content (AvgIpc) is 3.67. The van der Waals surface area contributed by atoms with Gasteiger partial charge in [0.2, 0.25) is 0 Å². The molecular weight excluding hydrogens is 608 g/mol. The molecule has 3 atom stereocenters. The van der Waals surface area contributed by atoms with Crippen LogP contribution in [0.2, 0.25) is 10.0 Å². The first-order valence-electron chi connectivity index (χ1n) is 14.7. The van der Waals surface area contributed by atoms with Gasteiger partial charge in [0.05, 0.1) is 23.4 Å². The molecule has 12 heteroatoms. The van der Waals surface area contributed by atoms with Crippen LogP contribution in [0.5, 0.6) is 5.75 Å². The lowest BCUT2D eigenvalue weighted by Crippen LogP contribution is -2.46. The maximum atomic E-state index is 15.0. The van der Waals surface area contributed by atoms with Crippen LogP contribution in [-0.4, -0.2) is 59.8 Å². The predicted molar refractivity (Wildman–Crippen MR) is 169 cm³/mol. The maximum Gasteiger partial charge on any atom is 0.350 e. The van der Waals surface area contributed by atoms with E-state index in [9.17, 15) is 4.79 Å². The first-order chi connectivity index (χ1) is 21.3. The van der Waals surface area contributed by atoms with Crippen molar-refractivity contribution in [3.8, 4) is 11.4 Å². The number of benzene rings is 3. The molecule has 0 aliphatic carbocycles. The maximum absolute atomic E-state index is 15.0. The highest BCUT2D eigenvalue weighted by Crippen LogP contribution is 2.34. The van der Waals surface area contributed by atoms with Gasteiger partial charge in [-0.15, -0.1) is 0 Å². The van der Waals surface area contributed by atoms with Crippen LogP contribution in [0.15, 0.2) is 71.8 Å². The third kappa shape index (κ3) is 6.44. The monoisotopic (exact) mass is 641 g/mol. The lowest BCUT2D eigenvalue weighted by molar-refractivity contribution is -0.0659. The topological polar surface area (TPSA) is 74.0 Å². The standard InChI is InChI=1S/C32H34Cl2FN5O4/c1-3-21(2)40-32(41)39(20-36-40)24-7-5-23(6-8-24)37-12-14-38(15-13-37)25-9-11-30(29(35)17-25)42-18-26-19-43-31(44-26)27-10-4-22(33)16-28(27)34/h4-11,16-17,20-21,26,31H,3,12-15,18-19H2,1-2H3/t21?,26-,31-/m1/s1. The molecule has 2 aliphatic heterocycles. The molecule has 0 spiro atoms. The van der Waals surface area contributed by atoms with E-state index >= 15 is 4.39 Å². The summed E-state index contributed by atoms with van der Waals surface area (Å²) < 4.78 is 35.5. The second kappa shape index (κ2) is 13.2. The summed E-state index contributed by atoms with van der Waals surface area (Å²) in [6.07, 6.45) is 1.42. The summed E-state index contributed by atoms with van der Waals surface area (Å²) in [5.74, 6) is -0.263. The third-order valence-corrected chi connectivity index (χ3v) is 8.71. The summed E-state index contributed by atoms with van der Waals surface area (Å²) >= 11 is 12.2. The van der Waals surface area contributed by atoms with Crippen molar-refractivity contribution in [3.05, 3.63) is 98.9 Å². The Labute approximate surface area is 265 Å². The van der Waals surface area contributed by atoms with E-state index in [0.29, 0.717) is 22.2 Å². The van der Waals surface area contributed by atoms with Crippen LogP contribution < -0.4 is 20.2 Å². The lowest BCUT2D eigenvalue weighted by Gasteiger charge is -2.37. The number of hydrogen-bond acceptors (Lipinski definition) is 7. The van der Waals surface area contributed by atoms with E-state index in [2.05, 4.69) is 14.9 Å². The van der Waals surface area contributed by atoms with Crippen LogP contribution in [0.1, 0.15) is 38.2 Å². The van der Waals surface area contributed by atoms with E-state index in [1.165, 1.54) is 10.7 Å². The Hall–Kier alpha value is -3.57. The fraction of sp³-hybridized carbons (Fsp3) is 0.375. The highest BCUT2D eigenvalue weighted by Gasteiger charge is 2.30. The molecule has 1 aromatic heterocycles. The van der Waals surface area contributed by atoms with Crippen LogP contribution >= 0.6 is 23.2 Å². The molecule has 44 heavy (non-hydrogen) atoms. The second-order valence-electron chi connectivity index (χ2n) is 11.0. The first-order valence-corrected chi connectivity index (χ1v) is 15.5. The van der Waals surface area contributed by atoms with Crippen LogP contribution in [0.4, 0.5) is 15.8 Å². The highest BCUT2D eigenvalue weighted by molar-refractivity contribution is 6.35. The number of anilines is 2. The summed E-state index contributed by atoms with van der Waals surface area (Å²) in [4.78, 5) is 17.2. The minimum Gasteiger partial charge on any atom is -0.488 e. The molecule has 3 heterocycles. The summed E-state index contributed by atoms with van der Waals surface area (Å²) in [5, 5.41) is 5.26. The van der Waals surface area contributed by atoms with Crippen LogP contribution in [0, 0.1) is 5.82 Å². The molecule has 2 saturated heterocycles. The van der Waals surface area contributed by atoms with Gasteiger partial charge in [-0.1, -0.05) is 36.2 Å². The smallest absolute Gasteiger partial charge is 0.350 e. The van der Waals surface area contributed by atoms with Crippen molar-refractivity contribution >= 4 is 34.6 Å². The number of ether oxygens (including phenoxy) is 3. The van der Waals surface area contributed by atoms with Gasteiger partial charge in [-0.05, 0) is 61.9 Å². The zero-order valence-corrected chi connectivity index (χ0v) is 26.0. The SMILES string of the molecule is CCC(C)n1ncn(-c2ccc(N3CCN(c4ccc(OC[C@@H]5CO[C@@H](c6ccc(Cl)cc6Cl)O5)c(F)c4)CC3)cc2)c1=O. The van der Waals surface area contributed by atoms with Crippen molar-refractivity contribution in [3.63, 3.8) is 0 Å². The van der Waals surface area contributed by atoms with Crippen molar-refractivity contribution in [2.75, 3.05) is 49.2 Å². The fourth-order valence-corrected chi connectivity index (χ4v) is 5.89. The first kappa shape index (κ1) is 30.5. The molecule has 9 nitrogen and oxygen atoms in total. The van der Waals surface area contributed by atoms with Crippen molar-refractivity contribution in [1.29, 1.82) is 0 Å². The minimum atomic E-state index is -0.624. The van der Waals surface area contributed by atoms with Crippen LogP contribution in [0.3, 0.4) is 0 Å². The van der Waals surface area contributed by atoms with E-state index in [1.807, 2.05) is 44.2 Å². The zero-order valence-electron chi connectivity index (χ0n) is 24.5. The number of aromatic nitrogens is 3. The lowest BCUT2D eigenvalue weighted by atomic mass is 10.2. The van der Waals surface area contributed by atoms with Crippen LogP contribution in [0.25, 0.3) is 5.69 Å². The Morgan fingerprint density at radius 3 is 2.34 bits per heavy atom. The molecule has 0 amide bonds. The quantitative estimate of drug-likeness (QED) is 0.213. The van der Waals surface area contributed by atoms with Gasteiger partial charge in [0.15, 0.2) is 17.9 Å². The molecule has 232 valence electrons. The minimum absolute atomic E-state index is 0.0491. The summed E-state index contributed by atoms with van der Waals surface area (Å²) in [7, 11) is 0. The molecule has 2 fully saturated rings. The van der Waals surface area contributed by atoms with Gasteiger partial charge in [-0.3, -0.25) is 0 Å². The molecule has 6 rings (SSSR count). The van der Waals surface area contributed by atoms with Gasteiger partial charge < -0.3 is 24.0 Å². The average molecular weight is 643 g/mol. The molecule has 3 aromatic carbocycles. The number of piperazine rings is 1. The number of hydrogen-bond donors (Lipinski definition) is 0. The van der Waals surface area contributed by atoms with Crippen molar-refractivity contribution < 1.29 is 18.6 Å². The van der Waals surface area contributed by atoms with Crippen molar-refractivity contribution in [2.24, 2.45) is 0 Å². The highest BCUT2D eigenvalue weighted by atomic mass is 35.5. The molecule has 0 saturated carbocycles. The number of halogens is 3. The second-order valence-corrected chi connectivity index (χ2v) is 11.8. The summed E-state index contributed by atoms with van der Waals surface area (Å²) in [6.45, 7) is 7.50. The van der Waals surface area contributed by atoms with Gasteiger partial charge in [0.1, 0.15) is 19.0 Å². The molecule has 0 bridgehead atoms. The van der Waals surface area contributed by atoms with E-state index < -0.39 is 12.1 Å². The number of nitrogens with zero attached hydrogens (tertiary/aromatic N) is 5. The van der Waals surface area contributed by atoms with Crippen LogP contribution in [-0.2, 0) is 9.47 Å². The Balaban J connectivity index is 1.01. The van der Waals surface area contributed by atoms with Gasteiger partial charge in [0, 0.05) is 54.2 Å².